The standard InChI is InChI=1S/C23H29N3O4/c1-15-6-4-5-7-17(15)23(9-11-30-22(2,3)14-23)12-19(27)26-10-8-16-18(13-26)24-25-20(16)21(28)29/h4-7H,8-14H2,1-3H3,(H,24,25)(H,28,29). The number of aromatic carboxylic acids is 1. The van der Waals surface area contributed by atoms with E-state index in [9.17, 15) is 14.7 Å². The molecule has 2 aliphatic heterocycles. The molecule has 1 aromatic heterocycles. The molecule has 7 nitrogen and oxygen atoms in total. The van der Waals surface area contributed by atoms with Gasteiger partial charge in [0.15, 0.2) is 5.69 Å². The van der Waals surface area contributed by atoms with Crippen molar-refractivity contribution >= 4 is 11.9 Å². The lowest BCUT2D eigenvalue weighted by atomic mass is 9.66. The highest BCUT2D eigenvalue weighted by Gasteiger charge is 2.45. The summed E-state index contributed by atoms with van der Waals surface area (Å²) < 4.78 is 5.99. The fourth-order valence-electron chi connectivity index (χ4n) is 5.23. The van der Waals surface area contributed by atoms with Crippen LogP contribution in [0, 0.1) is 6.92 Å². The van der Waals surface area contributed by atoms with Crippen LogP contribution < -0.4 is 0 Å². The molecule has 0 spiro atoms. The van der Waals surface area contributed by atoms with Gasteiger partial charge in [-0.2, -0.15) is 5.10 Å². The minimum atomic E-state index is -1.03. The summed E-state index contributed by atoms with van der Waals surface area (Å²) >= 11 is 0. The van der Waals surface area contributed by atoms with Crippen LogP contribution in [0.2, 0.25) is 0 Å². The topological polar surface area (TPSA) is 95.5 Å². The molecular formula is C23H29N3O4. The third-order valence-corrected chi connectivity index (χ3v) is 6.53. The van der Waals surface area contributed by atoms with Crippen LogP contribution in [0.15, 0.2) is 24.3 Å². The first kappa shape index (κ1) is 20.6. The predicted molar refractivity (Wildman–Crippen MR) is 111 cm³/mol. The van der Waals surface area contributed by atoms with Gasteiger partial charge in [-0.3, -0.25) is 9.89 Å². The number of aryl methyl sites for hydroxylation is 1. The summed E-state index contributed by atoms with van der Waals surface area (Å²) in [7, 11) is 0. The number of aromatic amines is 1. The van der Waals surface area contributed by atoms with Crippen LogP contribution in [0.1, 0.15) is 66.0 Å². The second-order valence-corrected chi connectivity index (χ2v) is 9.21. The lowest BCUT2D eigenvalue weighted by Crippen LogP contribution is -2.48. The number of nitrogens with one attached hydrogen (secondary N) is 1. The van der Waals surface area contributed by atoms with Gasteiger partial charge in [0.25, 0.3) is 0 Å². The van der Waals surface area contributed by atoms with E-state index in [-0.39, 0.29) is 22.6 Å². The number of ether oxygens (including phenoxy) is 1. The van der Waals surface area contributed by atoms with Crippen molar-refractivity contribution in [2.24, 2.45) is 0 Å². The molecule has 0 aliphatic carbocycles. The molecule has 2 aliphatic rings. The zero-order chi connectivity index (χ0) is 21.5. The maximum absolute atomic E-state index is 13.5. The molecule has 2 aromatic rings. The number of hydrogen-bond acceptors (Lipinski definition) is 4. The number of rotatable bonds is 4. The second kappa shape index (κ2) is 7.54. The van der Waals surface area contributed by atoms with Gasteiger partial charge < -0.3 is 14.7 Å². The van der Waals surface area contributed by atoms with E-state index in [2.05, 4.69) is 43.1 Å². The van der Waals surface area contributed by atoms with Gasteiger partial charge >= 0.3 is 5.97 Å². The number of carbonyl (C=O) groups is 2. The lowest BCUT2D eigenvalue weighted by Gasteiger charge is -2.46. The Morgan fingerprint density at radius 2 is 2.07 bits per heavy atom. The van der Waals surface area contributed by atoms with Crippen LogP contribution >= 0.6 is 0 Å². The van der Waals surface area contributed by atoms with Crippen LogP contribution in [0.4, 0.5) is 0 Å². The van der Waals surface area contributed by atoms with Crippen molar-refractivity contribution < 1.29 is 19.4 Å². The van der Waals surface area contributed by atoms with E-state index in [0.717, 1.165) is 18.5 Å². The summed E-state index contributed by atoms with van der Waals surface area (Å²) in [5, 5.41) is 16.0. The minimum absolute atomic E-state index is 0.0691. The highest BCUT2D eigenvalue weighted by atomic mass is 16.5. The molecule has 1 fully saturated rings. The first-order valence-electron chi connectivity index (χ1n) is 10.5. The number of hydrogen-bond donors (Lipinski definition) is 2. The number of nitrogens with zero attached hydrogens (tertiary/aromatic N) is 2. The SMILES string of the molecule is Cc1ccccc1C1(CC(=O)N2CCc3c(C(=O)O)n[nH]c3C2)CCOC(C)(C)C1. The molecule has 0 saturated carbocycles. The second-order valence-electron chi connectivity index (χ2n) is 9.21. The maximum atomic E-state index is 13.5. The highest BCUT2D eigenvalue weighted by molar-refractivity contribution is 5.87. The molecule has 30 heavy (non-hydrogen) atoms. The third-order valence-electron chi connectivity index (χ3n) is 6.53. The normalized spacial score (nSPS) is 23.1. The Morgan fingerprint density at radius 1 is 1.30 bits per heavy atom. The van der Waals surface area contributed by atoms with Crippen molar-refractivity contribution in [2.45, 2.75) is 64.0 Å². The summed E-state index contributed by atoms with van der Waals surface area (Å²) in [6.45, 7) is 7.80. The quantitative estimate of drug-likeness (QED) is 0.805. The molecule has 2 N–H and O–H groups in total. The smallest absolute Gasteiger partial charge is 0.356 e. The molecule has 1 atom stereocenters. The first-order valence-corrected chi connectivity index (χ1v) is 10.5. The van der Waals surface area contributed by atoms with E-state index in [1.165, 1.54) is 11.1 Å². The lowest BCUT2D eigenvalue weighted by molar-refractivity contribution is -0.137. The van der Waals surface area contributed by atoms with Gasteiger partial charge in [0.2, 0.25) is 5.91 Å². The molecule has 0 bridgehead atoms. The summed E-state index contributed by atoms with van der Waals surface area (Å²) in [4.78, 5) is 26.6. The monoisotopic (exact) mass is 411 g/mol. The Morgan fingerprint density at radius 3 is 2.77 bits per heavy atom. The van der Waals surface area contributed by atoms with E-state index in [1.807, 2.05) is 17.0 Å². The molecule has 7 heteroatoms. The number of amides is 1. The van der Waals surface area contributed by atoms with E-state index >= 15 is 0 Å². The van der Waals surface area contributed by atoms with E-state index < -0.39 is 5.97 Å². The van der Waals surface area contributed by atoms with Gasteiger partial charge in [-0.05, 0) is 51.2 Å². The van der Waals surface area contributed by atoms with E-state index in [1.54, 1.807) is 0 Å². The zero-order valence-electron chi connectivity index (χ0n) is 17.8. The van der Waals surface area contributed by atoms with Crippen molar-refractivity contribution in [3.8, 4) is 0 Å². The molecule has 1 aromatic carbocycles. The molecule has 1 unspecified atom stereocenters. The Hall–Kier alpha value is -2.67. The summed E-state index contributed by atoms with van der Waals surface area (Å²) in [6, 6.07) is 8.33. The van der Waals surface area contributed by atoms with Gasteiger partial charge in [-0.1, -0.05) is 24.3 Å². The molecular weight excluding hydrogens is 382 g/mol. The van der Waals surface area contributed by atoms with Crippen LogP contribution in [0.3, 0.4) is 0 Å². The Kier molecular flexibility index (Phi) is 5.18. The molecule has 1 saturated heterocycles. The Balaban J connectivity index is 1.60. The summed E-state index contributed by atoms with van der Waals surface area (Å²) in [5.74, 6) is -0.941. The van der Waals surface area contributed by atoms with Crippen molar-refractivity contribution in [1.82, 2.24) is 15.1 Å². The number of carboxylic acid groups (broad SMARTS) is 1. The zero-order valence-corrected chi connectivity index (χ0v) is 17.8. The largest absolute Gasteiger partial charge is 0.476 e. The third kappa shape index (κ3) is 3.74. The van der Waals surface area contributed by atoms with Crippen molar-refractivity contribution in [3.63, 3.8) is 0 Å². The average Bonchev–Trinajstić information content (AvgIpc) is 3.11. The van der Waals surface area contributed by atoms with Gasteiger partial charge in [0.1, 0.15) is 0 Å². The molecule has 160 valence electrons. The minimum Gasteiger partial charge on any atom is -0.476 e. The summed E-state index contributed by atoms with van der Waals surface area (Å²) in [5.41, 5.74) is 3.36. The Bertz CT molecular complexity index is 981. The number of carboxylic acids is 1. The van der Waals surface area contributed by atoms with Gasteiger partial charge in [0, 0.05) is 30.6 Å². The Labute approximate surface area is 176 Å². The predicted octanol–water partition coefficient (Wildman–Crippen LogP) is 3.22. The fraction of sp³-hybridized carbons (Fsp3) is 0.522. The molecule has 1 amide bonds. The number of carbonyl (C=O) groups excluding carboxylic acids is 1. The number of aromatic nitrogens is 2. The molecule has 0 radical (unpaired) electrons. The van der Waals surface area contributed by atoms with Crippen LogP contribution in [-0.2, 0) is 27.9 Å². The maximum Gasteiger partial charge on any atom is 0.356 e. The molecule has 4 rings (SSSR count). The molecule has 3 heterocycles. The van der Waals surface area contributed by atoms with Crippen molar-refractivity contribution in [3.05, 3.63) is 52.3 Å². The van der Waals surface area contributed by atoms with Gasteiger partial charge in [-0.15, -0.1) is 0 Å². The number of H-pyrrole nitrogens is 1. The van der Waals surface area contributed by atoms with Crippen molar-refractivity contribution in [2.75, 3.05) is 13.2 Å². The fourth-order valence-corrected chi connectivity index (χ4v) is 5.23. The van der Waals surface area contributed by atoms with Crippen LogP contribution in [0.25, 0.3) is 0 Å². The van der Waals surface area contributed by atoms with Crippen LogP contribution in [0.5, 0.6) is 0 Å². The first-order chi connectivity index (χ1) is 14.2. The summed E-state index contributed by atoms with van der Waals surface area (Å²) in [6.07, 6.45) is 2.51. The number of fused-ring (bicyclic) bond motifs is 1. The number of benzene rings is 1. The van der Waals surface area contributed by atoms with Crippen LogP contribution in [-0.4, -0.2) is 50.8 Å². The highest BCUT2D eigenvalue weighted by Crippen LogP contribution is 2.45. The van der Waals surface area contributed by atoms with Gasteiger partial charge in [0.05, 0.1) is 17.8 Å². The van der Waals surface area contributed by atoms with Gasteiger partial charge in [-0.25, -0.2) is 4.79 Å². The van der Waals surface area contributed by atoms with E-state index in [4.69, 9.17) is 4.74 Å². The van der Waals surface area contributed by atoms with Crippen molar-refractivity contribution in [1.29, 1.82) is 0 Å². The average molecular weight is 412 g/mol. The van der Waals surface area contributed by atoms with E-state index in [0.29, 0.717) is 38.1 Å².